The second kappa shape index (κ2) is 4.97. The van der Waals surface area contributed by atoms with Crippen molar-refractivity contribution in [2.24, 2.45) is 0 Å². The summed E-state index contributed by atoms with van der Waals surface area (Å²) < 4.78 is 40.2. The molecule has 122 valence electrons. The molecule has 9 nitrogen and oxygen atoms in total. The number of aryl methyl sites for hydroxylation is 1. The molecule has 13 heteroatoms. The van der Waals surface area contributed by atoms with Crippen molar-refractivity contribution in [2.75, 3.05) is 0 Å². The quantitative estimate of drug-likeness (QED) is 0.530. The molecule has 0 amide bonds. The largest absolute Gasteiger partial charge is 0.453 e. The molecule has 0 aliphatic carbocycles. The van der Waals surface area contributed by atoms with Gasteiger partial charge >= 0.3 is 11.9 Å². The molecule has 0 atom stereocenters. The van der Waals surface area contributed by atoms with Gasteiger partial charge in [0.25, 0.3) is 5.82 Å². The first-order chi connectivity index (χ1) is 10.7. The van der Waals surface area contributed by atoms with Gasteiger partial charge < -0.3 is 0 Å². The standard InChI is InChI=1S/C10H8F3N7O2S/c1-4-7(20(21)22)5(2)18(16-4)3-6-17-19-8(10(11,12)13)14-15-9(19)23-6/h3H2,1-2H3. The molecule has 0 aliphatic rings. The van der Waals surface area contributed by atoms with E-state index in [1.807, 2.05) is 0 Å². The lowest BCUT2D eigenvalue weighted by molar-refractivity contribution is -0.386. The molecule has 3 aromatic rings. The highest BCUT2D eigenvalue weighted by Crippen LogP contribution is 2.29. The van der Waals surface area contributed by atoms with E-state index < -0.39 is 16.9 Å². The third-order valence-electron chi connectivity index (χ3n) is 3.10. The summed E-state index contributed by atoms with van der Waals surface area (Å²) in [7, 11) is 0. The van der Waals surface area contributed by atoms with E-state index in [1.165, 1.54) is 18.5 Å². The molecule has 0 saturated carbocycles. The van der Waals surface area contributed by atoms with Crippen molar-refractivity contribution in [1.82, 2.24) is 29.6 Å². The number of fused-ring (bicyclic) bond motifs is 1. The van der Waals surface area contributed by atoms with Crippen LogP contribution in [0.3, 0.4) is 0 Å². The van der Waals surface area contributed by atoms with Gasteiger partial charge in [-0.1, -0.05) is 11.3 Å². The van der Waals surface area contributed by atoms with E-state index in [9.17, 15) is 23.3 Å². The molecule has 0 aliphatic heterocycles. The maximum Gasteiger partial charge on any atom is 0.453 e. The highest BCUT2D eigenvalue weighted by Gasteiger charge is 2.38. The van der Waals surface area contributed by atoms with Gasteiger partial charge in [-0.25, -0.2) is 0 Å². The summed E-state index contributed by atoms with van der Waals surface area (Å²) in [6, 6.07) is 0. The molecule has 0 N–H and O–H groups in total. The number of hydrogen-bond donors (Lipinski definition) is 0. The van der Waals surface area contributed by atoms with Crippen LogP contribution in [0.2, 0.25) is 0 Å². The van der Waals surface area contributed by atoms with E-state index in [4.69, 9.17) is 0 Å². The highest BCUT2D eigenvalue weighted by atomic mass is 32.1. The van der Waals surface area contributed by atoms with Gasteiger partial charge in [0.15, 0.2) is 0 Å². The van der Waals surface area contributed by atoms with E-state index in [0.29, 0.717) is 10.2 Å². The summed E-state index contributed by atoms with van der Waals surface area (Å²) in [4.78, 5) is 10.4. The Kier molecular flexibility index (Phi) is 3.31. The van der Waals surface area contributed by atoms with Crippen LogP contribution in [0, 0.1) is 24.0 Å². The fourth-order valence-electron chi connectivity index (χ4n) is 2.13. The van der Waals surface area contributed by atoms with Crippen LogP contribution in [0.15, 0.2) is 0 Å². The van der Waals surface area contributed by atoms with Gasteiger partial charge in [-0.2, -0.15) is 27.9 Å². The van der Waals surface area contributed by atoms with E-state index in [1.54, 1.807) is 0 Å². The van der Waals surface area contributed by atoms with Crippen LogP contribution >= 0.6 is 11.3 Å². The van der Waals surface area contributed by atoms with Gasteiger partial charge in [-0.05, 0) is 13.8 Å². The van der Waals surface area contributed by atoms with Gasteiger partial charge in [0.2, 0.25) is 4.96 Å². The van der Waals surface area contributed by atoms with E-state index in [2.05, 4.69) is 20.4 Å². The number of nitro groups is 1. The Morgan fingerprint density at radius 2 is 1.96 bits per heavy atom. The molecule has 0 fully saturated rings. The van der Waals surface area contributed by atoms with Crippen LogP contribution in [-0.4, -0.2) is 34.5 Å². The normalized spacial score (nSPS) is 12.2. The SMILES string of the molecule is Cc1nn(Cc2nn3c(C(F)(F)F)nnc3s2)c(C)c1[N+](=O)[O-]. The monoisotopic (exact) mass is 347 g/mol. The predicted octanol–water partition coefficient (Wildman–Crippen LogP) is 1.97. The summed E-state index contributed by atoms with van der Waals surface area (Å²) in [5.41, 5.74) is 0.407. The molecule has 0 saturated heterocycles. The molecule has 3 rings (SSSR count). The molecule has 3 heterocycles. The molecule has 0 unspecified atom stereocenters. The molecule has 0 spiro atoms. The van der Waals surface area contributed by atoms with Gasteiger partial charge in [0.1, 0.15) is 16.4 Å². The number of hydrogen-bond acceptors (Lipinski definition) is 7. The summed E-state index contributed by atoms with van der Waals surface area (Å²) in [5.74, 6) is -1.21. The minimum Gasteiger partial charge on any atom is -0.258 e. The van der Waals surface area contributed by atoms with Crippen molar-refractivity contribution in [2.45, 2.75) is 26.6 Å². The summed E-state index contributed by atoms with van der Waals surface area (Å²) in [6.45, 7) is 3.01. The van der Waals surface area contributed by atoms with Crippen molar-refractivity contribution in [3.63, 3.8) is 0 Å². The van der Waals surface area contributed by atoms with E-state index >= 15 is 0 Å². The zero-order valence-electron chi connectivity index (χ0n) is 11.7. The third-order valence-corrected chi connectivity index (χ3v) is 3.98. The van der Waals surface area contributed by atoms with Crippen molar-refractivity contribution < 1.29 is 18.1 Å². The van der Waals surface area contributed by atoms with Crippen molar-refractivity contribution in [3.8, 4) is 0 Å². The first-order valence-electron chi connectivity index (χ1n) is 6.15. The number of aromatic nitrogens is 6. The molecular formula is C10H8F3N7O2S. The first kappa shape index (κ1) is 15.3. The lowest BCUT2D eigenvalue weighted by Crippen LogP contribution is -2.12. The Morgan fingerprint density at radius 3 is 2.52 bits per heavy atom. The Hall–Kier alpha value is -2.57. The van der Waals surface area contributed by atoms with Crippen LogP contribution in [0.25, 0.3) is 4.96 Å². The summed E-state index contributed by atoms with van der Waals surface area (Å²) in [6.07, 6.45) is -4.66. The second-order valence-corrected chi connectivity index (χ2v) is 5.69. The zero-order chi connectivity index (χ0) is 16.9. The summed E-state index contributed by atoms with van der Waals surface area (Å²) in [5, 5.41) is 25.6. The topological polar surface area (TPSA) is 104 Å². The van der Waals surface area contributed by atoms with Crippen LogP contribution in [0.4, 0.5) is 18.9 Å². The summed E-state index contributed by atoms with van der Waals surface area (Å²) >= 11 is 0.909. The molecular weight excluding hydrogens is 339 g/mol. The Morgan fingerprint density at radius 1 is 1.26 bits per heavy atom. The lowest BCUT2D eigenvalue weighted by Gasteiger charge is -2.01. The maximum atomic E-state index is 12.7. The smallest absolute Gasteiger partial charge is 0.258 e. The van der Waals surface area contributed by atoms with Crippen molar-refractivity contribution in [3.05, 3.63) is 32.3 Å². The van der Waals surface area contributed by atoms with E-state index in [0.717, 1.165) is 11.3 Å². The van der Waals surface area contributed by atoms with Crippen LogP contribution < -0.4 is 0 Å². The minimum absolute atomic E-state index is 0.00579. The molecule has 0 bridgehead atoms. The number of halogens is 3. The fourth-order valence-corrected chi connectivity index (χ4v) is 2.95. The molecule has 23 heavy (non-hydrogen) atoms. The van der Waals surface area contributed by atoms with Gasteiger partial charge in [-0.3, -0.25) is 14.8 Å². The lowest BCUT2D eigenvalue weighted by atomic mass is 10.3. The first-order valence-corrected chi connectivity index (χ1v) is 6.97. The minimum atomic E-state index is -4.66. The average molecular weight is 347 g/mol. The number of rotatable bonds is 3. The third kappa shape index (κ3) is 2.52. The zero-order valence-corrected chi connectivity index (χ0v) is 12.5. The Balaban J connectivity index is 1.98. The number of alkyl halides is 3. The molecule has 0 aromatic carbocycles. The molecule has 3 aromatic heterocycles. The van der Waals surface area contributed by atoms with Crippen LogP contribution in [-0.2, 0) is 12.7 Å². The van der Waals surface area contributed by atoms with Gasteiger partial charge in [0, 0.05) is 0 Å². The predicted molar refractivity (Wildman–Crippen MR) is 71.1 cm³/mol. The van der Waals surface area contributed by atoms with Gasteiger partial charge in [-0.15, -0.1) is 10.2 Å². The number of nitrogens with zero attached hydrogens (tertiary/aromatic N) is 7. The van der Waals surface area contributed by atoms with E-state index in [-0.39, 0.29) is 27.9 Å². The fraction of sp³-hybridized carbons (Fsp3) is 0.400. The second-order valence-electron chi connectivity index (χ2n) is 4.65. The van der Waals surface area contributed by atoms with Crippen molar-refractivity contribution in [1.29, 1.82) is 0 Å². The Labute approximate surface area is 129 Å². The van der Waals surface area contributed by atoms with Gasteiger partial charge in [0.05, 0.1) is 11.5 Å². The maximum absolute atomic E-state index is 12.7. The molecule has 0 radical (unpaired) electrons. The highest BCUT2D eigenvalue weighted by molar-refractivity contribution is 7.16. The van der Waals surface area contributed by atoms with Crippen LogP contribution in [0.5, 0.6) is 0 Å². The van der Waals surface area contributed by atoms with Crippen LogP contribution in [0.1, 0.15) is 22.2 Å². The van der Waals surface area contributed by atoms with Crippen molar-refractivity contribution >= 4 is 22.0 Å². The average Bonchev–Trinajstić information content (AvgIpc) is 3.01. The Bertz CT molecular complexity index is 910.